The SMILES string of the molecule is C[C@H]1O[C@@H]([NH2+]CC[NH3+])[C@@H](O)[C@@H](O)[C@H]1O. The molecule has 1 aliphatic rings. The maximum Gasteiger partial charge on any atom is 0.219 e. The molecule has 0 unspecified atom stereocenters. The van der Waals surface area contributed by atoms with Crippen molar-refractivity contribution in [2.24, 2.45) is 0 Å². The summed E-state index contributed by atoms with van der Waals surface area (Å²) >= 11 is 0. The molecule has 0 aromatic heterocycles. The lowest BCUT2D eigenvalue weighted by molar-refractivity contribution is -0.751. The second-order valence-electron chi connectivity index (χ2n) is 3.66. The van der Waals surface area contributed by atoms with E-state index in [4.69, 9.17) is 4.74 Å². The van der Waals surface area contributed by atoms with Crippen molar-refractivity contribution in [1.29, 1.82) is 0 Å². The molecular formula is C8H20N2O4+2. The number of hydrogen-bond donors (Lipinski definition) is 5. The van der Waals surface area contributed by atoms with Crippen LogP contribution in [0.25, 0.3) is 0 Å². The van der Waals surface area contributed by atoms with Gasteiger partial charge in [-0.25, -0.2) is 0 Å². The molecule has 0 aliphatic carbocycles. The standard InChI is InChI=1S/C8H18N2O4/c1-4-5(11)6(12)7(13)8(14-4)10-3-2-9/h4-8,10-13H,2-3,9H2,1H3/p+2/t4-,5+,6+,7+,8-/m1/s1. The molecule has 0 radical (unpaired) electrons. The van der Waals surface area contributed by atoms with Gasteiger partial charge in [0.1, 0.15) is 25.3 Å². The van der Waals surface area contributed by atoms with Gasteiger partial charge in [0.15, 0.2) is 6.10 Å². The van der Waals surface area contributed by atoms with Crippen LogP contribution in [0.1, 0.15) is 6.92 Å². The Bertz CT molecular complexity index is 181. The molecule has 0 amide bonds. The maximum atomic E-state index is 9.57. The summed E-state index contributed by atoms with van der Waals surface area (Å²) in [5.74, 6) is 0. The molecule has 1 aliphatic heterocycles. The highest BCUT2D eigenvalue weighted by molar-refractivity contribution is 4.86. The third-order valence-electron chi connectivity index (χ3n) is 2.49. The molecule has 6 heteroatoms. The highest BCUT2D eigenvalue weighted by Crippen LogP contribution is 2.17. The van der Waals surface area contributed by atoms with Crippen molar-refractivity contribution in [3.05, 3.63) is 0 Å². The zero-order valence-electron chi connectivity index (χ0n) is 8.34. The Labute approximate surface area is 82.7 Å². The Morgan fingerprint density at radius 3 is 2.43 bits per heavy atom. The lowest BCUT2D eigenvalue weighted by Crippen LogP contribution is -2.97. The van der Waals surface area contributed by atoms with E-state index >= 15 is 0 Å². The summed E-state index contributed by atoms with van der Waals surface area (Å²) in [6.45, 7) is 3.11. The smallest absolute Gasteiger partial charge is 0.219 e. The molecule has 14 heavy (non-hydrogen) atoms. The molecule has 1 fully saturated rings. The molecule has 6 nitrogen and oxygen atoms in total. The average Bonchev–Trinajstić information content (AvgIpc) is 2.18. The molecule has 0 saturated carbocycles. The Morgan fingerprint density at radius 1 is 1.21 bits per heavy atom. The third kappa shape index (κ3) is 2.41. The predicted molar refractivity (Wildman–Crippen MR) is 46.9 cm³/mol. The van der Waals surface area contributed by atoms with Crippen molar-refractivity contribution in [1.82, 2.24) is 0 Å². The third-order valence-corrected chi connectivity index (χ3v) is 2.49. The van der Waals surface area contributed by atoms with E-state index in [1.165, 1.54) is 0 Å². The van der Waals surface area contributed by atoms with Crippen LogP contribution >= 0.6 is 0 Å². The first-order valence-electron chi connectivity index (χ1n) is 4.90. The summed E-state index contributed by atoms with van der Waals surface area (Å²) in [4.78, 5) is 0. The Kier molecular flexibility index (Phi) is 4.24. The van der Waals surface area contributed by atoms with Crippen molar-refractivity contribution in [2.75, 3.05) is 13.1 Å². The normalized spacial score (nSPS) is 43.9. The maximum absolute atomic E-state index is 9.57. The van der Waals surface area contributed by atoms with Gasteiger partial charge in [-0.15, -0.1) is 0 Å². The van der Waals surface area contributed by atoms with Crippen molar-refractivity contribution in [3.63, 3.8) is 0 Å². The molecule has 0 spiro atoms. The largest absolute Gasteiger partial charge is 0.388 e. The first kappa shape index (κ1) is 11.8. The Morgan fingerprint density at radius 2 is 1.86 bits per heavy atom. The topological polar surface area (TPSA) is 114 Å². The molecule has 1 saturated heterocycles. The van der Waals surface area contributed by atoms with Crippen LogP contribution in [0, 0.1) is 0 Å². The Balaban J connectivity index is 2.52. The van der Waals surface area contributed by atoms with E-state index in [1.54, 1.807) is 12.2 Å². The molecule has 5 atom stereocenters. The van der Waals surface area contributed by atoms with E-state index < -0.39 is 30.6 Å². The van der Waals surface area contributed by atoms with Gasteiger partial charge in [0.2, 0.25) is 6.23 Å². The number of quaternary nitrogens is 2. The van der Waals surface area contributed by atoms with Crippen molar-refractivity contribution in [3.8, 4) is 0 Å². The van der Waals surface area contributed by atoms with Crippen LogP contribution < -0.4 is 11.1 Å². The summed E-state index contributed by atoms with van der Waals surface area (Å²) < 4.78 is 5.34. The minimum atomic E-state index is -1.13. The van der Waals surface area contributed by atoms with E-state index in [-0.39, 0.29) is 0 Å². The van der Waals surface area contributed by atoms with Crippen molar-refractivity contribution < 1.29 is 31.1 Å². The number of nitrogens with two attached hydrogens (primary N) is 1. The fourth-order valence-corrected chi connectivity index (χ4v) is 1.56. The molecule has 0 aromatic rings. The van der Waals surface area contributed by atoms with Gasteiger partial charge in [-0.3, -0.25) is 0 Å². The lowest BCUT2D eigenvalue weighted by Gasteiger charge is -2.37. The van der Waals surface area contributed by atoms with Gasteiger partial charge in [-0.05, 0) is 6.92 Å². The second-order valence-corrected chi connectivity index (χ2v) is 3.66. The van der Waals surface area contributed by atoms with Gasteiger partial charge in [-0.2, -0.15) is 0 Å². The van der Waals surface area contributed by atoms with Gasteiger partial charge in [0.05, 0.1) is 6.10 Å². The molecule has 8 N–H and O–H groups in total. The molecule has 1 rings (SSSR count). The van der Waals surface area contributed by atoms with E-state index in [2.05, 4.69) is 5.73 Å². The fourth-order valence-electron chi connectivity index (χ4n) is 1.56. The molecule has 0 bridgehead atoms. The Hall–Kier alpha value is -0.240. The quantitative estimate of drug-likeness (QED) is 0.322. The van der Waals surface area contributed by atoms with Crippen LogP contribution in [0.3, 0.4) is 0 Å². The van der Waals surface area contributed by atoms with E-state index in [1.807, 2.05) is 0 Å². The number of hydrogen-bond acceptors (Lipinski definition) is 4. The first-order chi connectivity index (χ1) is 6.57. The van der Waals surface area contributed by atoms with Gasteiger partial charge in [0.25, 0.3) is 0 Å². The zero-order valence-corrected chi connectivity index (χ0v) is 8.34. The minimum Gasteiger partial charge on any atom is -0.388 e. The van der Waals surface area contributed by atoms with Crippen LogP contribution in [0.5, 0.6) is 0 Å². The van der Waals surface area contributed by atoms with Gasteiger partial charge in [-0.1, -0.05) is 0 Å². The van der Waals surface area contributed by atoms with Crippen molar-refractivity contribution in [2.45, 2.75) is 37.6 Å². The molecule has 0 aromatic carbocycles. The second kappa shape index (κ2) is 5.01. The van der Waals surface area contributed by atoms with Gasteiger partial charge < -0.3 is 31.1 Å². The van der Waals surface area contributed by atoms with Crippen LogP contribution in [0.4, 0.5) is 0 Å². The average molecular weight is 208 g/mol. The predicted octanol–water partition coefficient (Wildman–Crippen LogP) is -4.38. The van der Waals surface area contributed by atoms with E-state index in [9.17, 15) is 15.3 Å². The summed E-state index contributed by atoms with van der Waals surface area (Å²) in [5, 5.41) is 30.2. The zero-order chi connectivity index (χ0) is 10.7. The van der Waals surface area contributed by atoms with Crippen LogP contribution in [-0.2, 0) is 4.74 Å². The molecule has 84 valence electrons. The van der Waals surface area contributed by atoms with E-state index in [0.717, 1.165) is 13.1 Å². The number of ether oxygens (including phenoxy) is 1. The van der Waals surface area contributed by atoms with Crippen LogP contribution in [0.2, 0.25) is 0 Å². The lowest BCUT2D eigenvalue weighted by atomic mass is 9.99. The van der Waals surface area contributed by atoms with Crippen molar-refractivity contribution >= 4 is 0 Å². The summed E-state index contributed by atoms with van der Waals surface area (Å²) in [7, 11) is 0. The first-order valence-corrected chi connectivity index (χ1v) is 4.90. The van der Waals surface area contributed by atoms with Crippen LogP contribution in [0.15, 0.2) is 0 Å². The summed E-state index contributed by atoms with van der Waals surface area (Å²) in [6.07, 6.45) is -4.17. The minimum absolute atomic E-state index is 0.459. The highest BCUT2D eigenvalue weighted by Gasteiger charge is 2.43. The number of rotatable bonds is 3. The highest BCUT2D eigenvalue weighted by atomic mass is 16.5. The number of aliphatic hydroxyl groups is 3. The van der Waals surface area contributed by atoms with Gasteiger partial charge >= 0.3 is 0 Å². The fraction of sp³-hybridized carbons (Fsp3) is 1.00. The number of aliphatic hydroxyl groups excluding tert-OH is 3. The molecular weight excluding hydrogens is 188 g/mol. The monoisotopic (exact) mass is 208 g/mol. The van der Waals surface area contributed by atoms with E-state index in [0.29, 0.717) is 0 Å². The summed E-state index contributed by atoms with van der Waals surface area (Å²) in [6, 6.07) is 0. The van der Waals surface area contributed by atoms with Gasteiger partial charge in [0, 0.05) is 0 Å². The summed E-state index contributed by atoms with van der Waals surface area (Å²) in [5.41, 5.74) is 3.67. The molecule has 1 heterocycles. The van der Waals surface area contributed by atoms with Crippen LogP contribution in [-0.4, -0.2) is 59.1 Å².